The van der Waals surface area contributed by atoms with E-state index < -0.39 is 0 Å². The van der Waals surface area contributed by atoms with Crippen LogP contribution in [0.15, 0.2) is 42.0 Å². The number of allylic oxidation sites excluding steroid dienone is 3. The summed E-state index contributed by atoms with van der Waals surface area (Å²) in [4.78, 5) is 2.12. The van der Waals surface area contributed by atoms with Gasteiger partial charge in [-0.05, 0) is 43.4 Å². The van der Waals surface area contributed by atoms with Crippen molar-refractivity contribution in [2.45, 2.75) is 25.7 Å². The summed E-state index contributed by atoms with van der Waals surface area (Å²) < 4.78 is 0. The molecule has 90 valence electrons. The van der Waals surface area contributed by atoms with Crippen LogP contribution in [0.3, 0.4) is 0 Å². The minimum absolute atomic E-state index is 1.24. The molecule has 0 saturated carbocycles. The Kier molecular flexibility index (Phi) is 4.03. The first kappa shape index (κ1) is 12.0. The molecule has 1 heteroatoms. The molecule has 0 atom stereocenters. The highest BCUT2D eigenvalue weighted by molar-refractivity contribution is 5.57. The Labute approximate surface area is 104 Å². The first-order valence-electron chi connectivity index (χ1n) is 6.40. The van der Waals surface area contributed by atoms with Gasteiger partial charge in [-0.25, -0.2) is 0 Å². The van der Waals surface area contributed by atoms with Crippen molar-refractivity contribution < 1.29 is 0 Å². The molecule has 0 radical (unpaired) electrons. The highest BCUT2D eigenvalue weighted by Gasteiger charge is 1.99. The summed E-state index contributed by atoms with van der Waals surface area (Å²) in [7, 11) is 4.13. The van der Waals surface area contributed by atoms with Gasteiger partial charge in [-0.15, -0.1) is 0 Å². The average Bonchev–Trinajstić information content (AvgIpc) is 2.38. The lowest BCUT2D eigenvalue weighted by atomic mass is 9.99. The molecule has 0 fully saturated rings. The molecule has 0 unspecified atom stereocenters. The zero-order valence-corrected chi connectivity index (χ0v) is 10.8. The quantitative estimate of drug-likeness (QED) is 0.745. The van der Waals surface area contributed by atoms with Crippen LogP contribution in [0.5, 0.6) is 0 Å². The normalized spacial score (nSPS) is 16.0. The Hall–Kier alpha value is -1.50. The second-order valence-electron chi connectivity index (χ2n) is 4.84. The molecule has 0 N–H and O–H groups in total. The van der Waals surface area contributed by atoms with Crippen LogP contribution in [0.4, 0.5) is 5.69 Å². The molecule has 1 aromatic rings. The number of anilines is 1. The van der Waals surface area contributed by atoms with E-state index in [0.29, 0.717) is 0 Å². The molecule has 0 aliphatic heterocycles. The highest BCUT2D eigenvalue weighted by atomic mass is 15.1. The molecule has 1 nitrogen and oxygen atoms in total. The van der Waals surface area contributed by atoms with Gasteiger partial charge in [0.25, 0.3) is 0 Å². The zero-order chi connectivity index (χ0) is 12.1. The van der Waals surface area contributed by atoms with Crippen molar-refractivity contribution in [3.63, 3.8) is 0 Å². The number of nitrogens with zero attached hydrogens (tertiary/aromatic N) is 1. The van der Waals surface area contributed by atoms with Gasteiger partial charge in [0.1, 0.15) is 0 Å². The Morgan fingerprint density at radius 1 is 1.00 bits per heavy atom. The third kappa shape index (κ3) is 3.48. The fraction of sp³-hybridized carbons (Fsp3) is 0.375. The zero-order valence-electron chi connectivity index (χ0n) is 10.8. The van der Waals surface area contributed by atoms with Crippen LogP contribution in [0.1, 0.15) is 31.2 Å². The van der Waals surface area contributed by atoms with E-state index in [1.54, 1.807) is 0 Å². The Morgan fingerprint density at radius 3 is 2.35 bits per heavy atom. The first-order valence-corrected chi connectivity index (χ1v) is 6.40. The van der Waals surface area contributed by atoms with Crippen LogP contribution in [-0.4, -0.2) is 14.1 Å². The predicted octanol–water partition coefficient (Wildman–Crippen LogP) is 4.27. The van der Waals surface area contributed by atoms with Gasteiger partial charge in [0, 0.05) is 19.8 Å². The molecule has 0 amide bonds. The van der Waals surface area contributed by atoms with Crippen LogP contribution in [0, 0.1) is 0 Å². The van der Waals surface area contributed by atoms with Gasteiger partial charge >= 0.3 is 0 Å². The summed E-state index contributed by atoms with van der Waals surface area (Å²) in [6, 6.07) is 8.67. The molecule has 1 aliphatic carbocycles. The van der Waals surface area contributed by atoms with Gasteiger partial charge in [-0.2, -0.15) is 0 Å². The molecule has 17 heavy (non-hydrogen) atoms. The maximum Gasteiger partial charge on any atom is 0.0361 e. The van der Waals surface area contributed by atoms with Crippen LogP contribution in [0.2, 0.25) is 0 Å². The number of rotatable bonds is 3. The maximum absolute atomic E-state index is 2.37. The Morgan fingerprint density at radius 2 is 1.76 bits per heavy atom. The van der Waals surface area contributed by atoms with E-state index in [1.165, 1.54) is 42.5 Å². The molecular weight excluding hydrogens is 206 g/mol. The van der Waals surface area contributed by atoms with Crippen LogP contribution in [-0.2, 0) is 0 Å². The van der Waals surface area contributed by atoms with Gasteiger partial charge in [0.15, 0.2) is 0 Å². The van der Waals surface area contributed by atoms with Crippen LogP contribution >= 0.6 is 0 Å². The summed E-state index contributed by atoms with van der Waals surface area (Å²) in [6.45, 7) is 0. The van der Waals surface area contributed by atoms with Crippen molar-refractivity contribution in [3.05, 3.63) is 47.6 Å². The fourth-order valence-electron chi connectivity index (χ4n) is 2.10. The first-order chi connectivity index (χ1) is 8.25. The fourth-order valence-corrected chi connectivity index (χ4v) is 2.10. The second kappa shape index (κ2) is 5.72. The average molecular weight is 227 g/mol. The Bertz CT molecular complexity index is 410. The standard InChI is InChI=1S/C16H21N/c1-17(2)16-12-10-15(11-13-16)9-8-14-6-4-3-5-7-14/h6,8-13H,3-5,7H2,1-2H3/b9-8+. The summed E-state index contributed by atoms with van der Waals surface area (Å²) >= 11 is 0. The van der Waals surface area contributed by atoms with E-state index in [1.807, 2.05) is 0 Å². The van der Waals surface area contributed by atoms with Crippen molar-refractivity contribution in [1.29, 1.82) is 0 Å². The lowest BCUT2D eigenvalue weighted by Gasteiger charge is -2.12. The van der Waals surface area contributed by atoms with Crippen molar-refractivity contribution in [1.82, 2.24) is 0 Å². The van der Waals surface area contributed by atoms with E-state index in [4.69, 9.17) is 0 Å². The minimum atomic E-state index is 1.24. The smallest absolute Gasteiger partial charge is 0.0361 e. The lowest BCUT2D eigenvalue weighted by Crippen LogP contribution is -2.07. The van der Waals surface area contributed by atoms with Crippen molar-refractivity contribution in [3.8, 4) is 0 Å². The lowest BCUT2D eigenvalue weighted by molar-refractivity contribution is 0.712. The van der Waals surface area contributed by atoms with Gasteiger partial charge in [-0.1, -0.05) is 35.9 Å². The van der Waals surface area contributed by atoms with Gasteiger partial charge in [-0.3, -0.25) is 0 Å². The van der Waals surface area contributed by atoms with Crippen LogP contribution in [0.25, 0.3) is 6.08 Å². The van der Waals surface area contributed by atoms with E-state index >= 15 is 0 Å². The topological polar surface area (TPSA) is 3.24 Å². The Balaban J connectivity index is 2.03. The number of hydrogen-bond acceptors (Lipinski definition) is 1. The number of benzene rings is 1. The molecule has 0 aromatic heterocycles. The molecule has 0 heterocycles. The third-order valence-electron chi connectivity index (χ3n) is 3.23. The summed E-state index contributed by atoms with van der Waals surface area (Å²) in [5, 5.41) is 0. The molecule has 2 rings (SSSR count). The van der Waals surface area contributed by atoms with E-state index in [-0.39, 0.29) is 0 Å². The van der Waals surface area contributed by atoms with E-state index in [9.17, 15) is 0 Å². The second-order valence-corrected chi connectivity index (χ2v) is 4.84. The summed E-state index contributed by atoms with van der Waals surface area (Å²) in [6.07, 6.45) is 12.0. The number of hydrogen-bond donors (Lipinski definition) is 0. The highest BCUT2D eigenvalue weighted by Crippen LogP contribution is 2.20. The third-order valence-corrected chi connectivity index (χ3v) is 3.23. The minimum Gasteiger partial charge on any atom is -0.378 e. The summed E-state index contributed by atoms with van der Waals surface area (Å²) in [5.41, 5.74) is 4.02. The molecule has 1 aromatic carbocycles. The largest absolute Gasteiger partial charge is 0.378 e. The van der Waals surface area contributed by atoms with Gasteiger partial charge in [0.05, 0.1) is 0 Å². The van der Waals surface area contributed by atoms with Crippen molar-refractivity contribution in [2.75, 3.05) is 19.0 Å². The van der Waals surface area contributed by atoms with E-state index in [0.717, 1.165) is 0 Å². The SMILES string of the molecule is CN(C)c1ccc(/C=C/C2=CCCCC2)cc1. The predicted molar refractivity (Wildman–Crippen MR) is 76.4 cm³/mol. The molecule has 0 bridgehead atoms. The van der Waals surface area contributed by atoms with E-state index in [2.05, 4.69) is 61.5 Å². The van der Waals surface area contributed by atoms with Gasteiger partial charge < -0.3 is 4.90 Å². The van der Waals surface area contributed by atoms with Gasteiger partial charge in [0.2, 0.25) is 0 Å². The maximum atomic E-state index is 2.37. The molecule has 0 spiro atoms. The monoisotopic (exact) mass is 227 g/mol. The summed E-state index contributed by atoms with van der Waals surface area (Å²) in [5.74, 6) is 0. The van der Waals surface area contributed by atoms with Crippen molar-refractivity contribution in [2.24, 2.45) is 0 Å². The molecular formula is C16H21N. The van der Waals surface area contributed by atoms with Crippen molar-refractivity contribution >= 4 is 11.8 Å². The molecule has 1 aliphatic rings. The van der Waals surface area contributed by atoms with Crippen LogP contribution < -0.4 is 4.90 Å². The molecule has 0 saturated heterocycles.